The SMILES string of the molecule is O=c1cc(OCc2ccccc2)ccn1-c1ccc2c(cnn2CCN2CCC[C@H]2CO)c1. The van der Waals surface area contributed by atoms with Crippen LogP contribution in [0.25, 0.3) is 16.6 Å². The molecule has 0 spiro atoms. The van der Waals surface area contributed by atoms with Gasteiger partial charge in [0.1, 0.15) is 12.4 Å². The third-order valence-corrected chi connectivity index (χ3v) is 6.35. The van der Waals surface area contributed by atoms with Gasteiger partial charge in [-0.2, -0.15) is 5.10 Å². The standard InChI is InChI=1S/C26H28N4O3/c31-18-23-7-4-11-28(23)13-14-30-25-9-8-22(15-21(25)17-27-30)29-12-10-24(16-26(29)32)33-19-20-5-2-1-3-6-20/h1-3,5-6,8-10,12,15-17,23,31H,4,7,11,13-14,18-19H2/t23-/m0/s1. The molecule has 1 saturated heterocycles. The minimum atomic E-state index is -0.142. The van der Waals surface area contributed by atoms with Crippen LogP contribution >= 0.6 is 0 Å². The first-order valence-corrected chi connectivity index (χ1v) is 11.4. The van der Waals surface area contributed by atoms with E-state index in [0.29, 0.717) is 12.4 Å². The lowest BCUT2D eigenvalue weighted by Gasteiger charge is -2.22. The van der Waals surface area contributed by atoms with Crippen molar-refractivity contribution in [3.8, 4) is 11.4 Å². The van der Waals surface area contributed by atoms with Gasteiger partial charge in [0.25, 0.3) is 5.56 Å². The average molecular weight is 445 g/mol. The maximum Gasteiger partial charge on any atom is 0.258 e. The van der Waals surface area contributed by atoms with Gasteiger partial charge in [0.2, 0.25) is 0 Å². The number of ether oxygens (including phenoxy) is 1. The fourth-order valence-electron chi connectivity index (χ4n) is 4.53. The largest absolute Gasteiger partial charge is 0.489 e. The Balaban J connectivity index is 1.29. The number of hydrogen-bond acceptors (Lipinski definition) is 5. The summed E-state index contributed by atoms with van der Waals surface area (Å²) in [5, 5.41) is 15.1. The van der Waals surface area contributed by atoms with E-state index < -0.39 is 0 Å². The zero-order chi connectivity index (χ0) is 22.6. The molecule has 1 aliphatic rings. The average Bonchev–Trinajstić information content (AvgIpc) is 3.48. The summed E-state index contributed by atoms with van der Waals surface area (Å²) in [5.74, 6) is 0.553. The van der Waals surface area contributed by atoms with E-state index in [-0.39, 0.29) is 18.2 Å². The van der Waals surface area contributed by atoms with Gasteiger partial charge in [-0.25, -0.2) is 0 Å². The maximum absolute atomic E-state index is 12.7. The molecule has 170 valence electrons. The number of aromatic nitrogens is 3. The van der Waals surface area contributed by atoms with E-state index in [4.69, 9.17) is 4.74 Å². The lowest BCUT2D eigenvalue weighted by atomic mass is 10.2. The first kappa shape index (κ1) is 21.4. The summed E-state index contributed by atoms with van der Waals surface area (Å²) in [6.07, 6.45) is 5.79. The molecule has 0 bridgehead atoms. The molecule has 1 N–H and O–H groups in total. The number of benzene rings is 2. The number of hydrogen-bond donors (Lipinski definition) is 1. The molecule has 1 fully saturated rings. The van der Waals surface area contributed by atoms with Crippen LogP contribution in [0.1, 0.15) is 18.4 Å². The third kappa shape index (κ3) is 4.69. The van der Waals surface area contributed by atoms with Crippen LogP contribution in [0, 0.1) is 0 Å². The van der Waals surface area contributed by atoms with E-state index in [1.54, 1.807) is 10.8 Å². The highest BCUT2D eigenvalue weighted by atomic mass is 16.5. The number of likely N-dealkylation sites (tertiary alicyclic amines) is 1. The van der Waals surface area contributed by atoms with Gasteiger partial charge >= 0.3 is 0 Å². The highest BCUT2D eigenvalue weighted by Crippen LogP contribution is 2.20. The van der Waals surface area contributed by atoms with Crippen LogP contribution < -0.4 is 10.3 Å². The van der Waals surface area contributed by atoms with Crippen molar-refractivity contribution >= 4 is 10.9 Å². The number of aliphatic hydroxyl groups excluding tert-OH is 1. The summed E-state index contributed by atoms with van der Waals surface area (Å²) >= 11 is 0. The first-order chi connectivity index (χ1) is 16.2. The van der Waals surface area contributed by atoms with E-state index in [1.807, 2.05) is 65.5 Å². The third-order valence-electron chi connectivity index (χ3n) is 6.35. The van der Waals surface area contributed by atoms with Gasteiger partial charge in [0.15, 0.2) is 0 Å². The summed E-state index contributed by atoms with van der Waals surface area (Å²) in [6.45, 7) is 3.31. The summed E-state index contributed by atoms with van der Waals surface area (Å²) in [7, 11) is 0. The fraction of sp³-hybridized carbons (Fsp3) is 0.308. The molecule has 5 rings (SSSR count). The second kappa shape index (κ2) is 9.60. The Morgan fingerprint density at radius 2 is 1.94 bits per heavy atom. The summed E-state index contributed by atoms with van der Waals surface area (Å²) in [4.78, 5) is 15.1. The Bertz CT molecular complexity index is 1280. The van der Waals surface area contributed by atoms with Crippen molar-refractivity contribution in [1.82, 2.24) is 19.2 Å². The van der Waals surface area contributed by atoms with Crippen LogP contribution in [0.5, 0.6) is 5.75 Å². The molecule has 0 unspecified atom stereocenters. The molecular weight excluding hydrogens is 416 g/mol. The smallest absolute Gasteiger partial charge is 0.258 e. The number of aliphatic hydroxyl groups is 1. The molecule has 7 heteroatoms. The predicted octanol–water partition coefficient (Wildman–Crippen LogP) is 3.22. The monoisotopic (exact) mass is 444 g/mol. The van der Waals surface area contributed by atoms with Crippen LogP contribution in [0.15, 0.2) is 77.9 Å². The Labute approximate surface area is 192 Å². The zero-order valence-corrected chi connectivity index (χ0v) is 18.5. The number of pyridine rings is 1. The Morgan fingerprint density at radius 1 is 1.06 bits per heavy atom. The van der Waals surface area contributed by atoms with E-state index in [9.17, 15) is 9.90 Å². The molecule has 4 aromatic rings. The van der Waals surface area contributed by atoms with Crippen LogP contribution in [-0.4, -0.2) is 50.1 Å². The van der Waals surface area contributed by atoms with Gasteiger partial charge in [-0.1, -0.05) is 30.3 Å². The zero-order valence-electron chi connectivity index (χ0n) is 18.5. The fourth-order valence-corrected chi connectivity index (χ4v) is 4.53. The topological polar surface area (TPSA) is 72.5 Å². The normalized spacial score (nSPS) is 16.5. The van der Waals surface area contributed by atoms with E-state index in [2.05, 4.69) is 10.00 Å². The number of fused-ring (bicyclic) bond motifs is 1. The lowest BCUT2D eigenvalue weighted by molar-refractivity contribution is 0.154. The van der Waals surface area contributed by atoms with Crippen molar-refractivity contribution in [3.63, 3.8) is 0 Å². The van der Waals surface area contributed by atoms with E-state index in [0.717, 1.165) is 54.6 Å². The molecule has 1 aliphatic heterocycles. The van der Waals surface area contributed by atoms with Crippen molar-refractivity contribution in [3.05, 3.63) is 89.0 Å². The van der Waals surface area contributed by atoms with Crippen LogP contribution in [0.3, 0.4) is 0 Å². The Morgan fingerprint density at radius 3 is 2.76 bits per heavy atom. The lowest BCUT2D eigenvalue weighted by Crippen LogP contribution is -2.34. The molecule has 3 heterocycles. The van der Waals surface area contributed by atoms with Gasteiger partial charge < -0.3 is 9.84 Å². The molecule has 33 heavy (non-hydrogen) atoms. The molecule has 0 saturated carbocycles. The minimum absolute atomic E-state index is 0.142. The van der Waals surface area contributed by atoms with Gasteiger partial charge in [0.05, 0.1) is 24.9 Å². The van der Waals surface area contributed by atoms with Crippen LogP contribution in [0.2, 0.25) is 0 Å². The molecule has 2 aromatic heterocycles. The highest BCUT2D eigenvalue weighted by Gasteiger charge is 2.23. The maximum atomic E-state index is 12.7. The van der Waals surface area contributed by atoms with Crippen molar-refractivity contribution < 1.29 is 9.84 Å². The van der Waals surface area contributed by atoms with Gasteiger partial charge in [0, 0.05) is 35.9 Å². The van der Waals surface area contributed by atoms with E-state index in [1.165, 1.54) is 6.07 Å². The molecule has 0 radical (unpaired) electrons. The second-order valence-electron chi connectivity index (χ2n) is 8.47. The second-order valence-corrected chi connectivity index (χ2v) is 8.47. The molecule has 7 nitrogen and oxygen atoms in total. The molecule has 0 aliphatic carbocycles. The molecule has 1 atom stereocenters. The summed E-state index contributed by atoms with van der Waals surface area (Å²) < 4.78 is 9.38. The summed E-state index contributed by atoms with van der Waals surface area (Å²) in [5.41, 5.74) is 2.74. The van der Waals surface area contributed by atoms with Gasteiger partial charge in [-0.3, -0.25) is 18.9 Å². The van der Waals surface area contributed by atoms with Crippen LogP contribution in [0.4, 0.5) is 0 Å². The Kier molecular flexibility index (Phi) is 6.24. The molecular formula is C26H28N4O3. The van der Waals surface area contributed by atoms with Crippen molar-refractivity contribution in [2.24, 2.45) is 0 Å². The van der Waals surface area contributed by atoms with Crippen molar-refractivity contribution in [1.29, 1.82) is 0 Å². The predicted molar refractivity (Wildman–Crippen MR) is 128 cm³/mol. The summed E-state index contributed by atoms with van der Waals surface area (Å²) in [6, 6.07) is 19.4. The number of rotatable bonds is 8. The van der Waals surface area contributed by atoms with Gasteiger partial charge in [-0.15, -0.1) is 0 Å². The van der Waals surface area contributed by atoms with Crippen molar-refractivity contribution in [2.75, 3.05) is 19.7 Å². The van der Waals surface area contributed by atoms with Gasteiger partial charge in [-0.05, 0) is 49.2 Å². The van der Waals surface area contributed by atoms with Crippen molar-refractivity contribution in [2.45, 2.75) is 32.0 Å². The molecule has 0 amide bonds. The molecule has 2 aromatic carbocycles. The van der Waals surface area contributed by atoms with Crippen LogP contribution in [-0.2, 0) is 13.2 Å². The first-order valence-electron chi connectivity index (χ1n) is 11.4. The minimum Gasteiger partial charge on any atom is -0.489 e. The van der Waals surface area contributed by atoms with E-state index >= 15 is 0 Å². The number of nitrogens with zero attached hydrogens (tertiary/aromatic N) is 4. The Hall–Kier alpha value is -3.42. The highest BCUT2D eigenvalue weighted by molar-refractivity contribution is 5.80. The quantitative estimate of drug-likeness (QED) is 0.452.